The topological polar surface area (TPSA) is 32.3 Å². The number of hydrogen-bond donors (Lipinski definition) is 1. The average Bonchev–Trinajstić information content (AvgIpc) is 2.37. The van der Waals surface area contributed by atoms with Gasteiger partial charge in [-0.05, 0) is 32.0 Å². The molecular weight excluding hydrogens is 267 g/mol. The molecule has 0 saturated heterocycles. The molecule has 1 unspecified atom stereocenters. The normalized spacial score (nSPS) is 12.4. The van der Waals surface area contributed by atoms with Crippen LogP contribution in [0.25, 0.3) is 0 Å². The highest BCUT2D eigenvalue weighted by molar-refractivity contribution is 6.19. The molecule has 0 heterocycles. The number of anilines is 2. The van der Waals surface area contributed by atoms with Crippen LogP contribution in [0.5, 0.6) is 0 Å². The summed E-state index contributed by atoms with van der Waals surface area (Å²) in [6, 6.07) is 4.88. The van der Waals surface area contributed by atoms with E-state index in [2.05, 4.69) is 5.32 Å². The smallest absolute Gasteiger partial charge is 0.228 e. The molecule has 0 aromatic heterocycles. The van der Waals surface area contributed by atoms with Gasteiger partial charge in [-0.2, -0.15) is 0 Å². The lowest BCUT2D eigenvalue weighted by molar-refractivity contribution is -0.118. The molecule has 1 aromatic carbocycles. The zero-order chi connectivity index (χ0) is 14.6. The van der Waals surface area contributed by atoms with Crippen LogP contribution in [0.15, 0.2) is 18.2 Å². The minimum Gasteiger partial charge on any atom is -0.370 e. The van der Waals surface area contributed by atoms with E-state index in [1.165, 1.54) is 6.07 Å². The van der Waals surface area contributed by atoms with Gasteiger partial charge in [-0.1, -0.05) is 6.92 Å². The van der Waals surface area contributed by atoms with E-state index in [0.29, 0.717) is 11.4 Å². The standard InChI is InChI=1S/C14H20ClFN2O/c1-9(2)18(4)13-6-5-11(7-12(13)16)17-14(19)10(3)8-15/h5-7,9-10H,8H2,1-4H3,(H,17,19). The Bertz CT molecular complexity index is 451. The first-order chi connectivity index (χ1) is 8.86. The lowest BCUT2D eigenvalue weighted by Crippen LogP contribution is -2.26. The molecule has 1 aromatic rings. The summed E-state index contributed by atoms with van der Waals surface area (Å²) in [7, 11) is 1.83. The van der Waals surface area contributed by atoms with Crippen molar-refractivity contribution in [1.29, 1.82) is 0 Å². The molecule has 1 N–H and O–H groups in total. The van der Waals surface area contributed by atoms with E-state index in [1.54, 1.807) is 19.1 Å². The quantitative estimate of drug-likeness (QED) is 0.841. The fourth-order valence-electron chi connectivity index (χ4n) is 1.48. The lowest BCUT2D eigenvalue weighted by atomic mass is 10.2. The van der Waals surface area contributed by atoms with E-state index in [0.717, 1.165) is 0 Å². The largest absolute Gasteiger partial charge is 0.370 e. The summed E-state index contributed by atoms with van der Waals surface area (Å²) < 4.78 is 14.0. The maximum Gasteiger partial charge on any atom is 0.228 e. The Labute approximate surface area is 118 Å². The number of alkyl halides is 1. The van der Waals surface area contributed by atoms with Crippen LogP contribution in [0, 0.1) is 11.7 Å². The van der Waals surface area contributed by atoms with Gasteiger partial charge in [0.1, 0.15) is 5.82 Å². The van der Waals surface area contributed by atoms with Gasteiger partial charge in [-0.15, -0.1) is 11.6 Å². The molecule has 0 aliphatic rings. The fraction of sp³-hybridized carbons (Fsp3) is 0.500. The maximum atomic E-state index is 14.0. The first-order valence-corrected chi connectivity index (χ1v) is 6.79. The first kappa shape index (κ1) is 15.8. The minimum atomic E-state index is -0.354. The van der Waals surface area contributed by atoms with Gasteiger partial charge in [0.05, 0.1) is 5.69 Å². The van der Waals surface area contributed by atoms with Crippen LogP contribution in [0.3, 0.4) is 0 Å². The van der Waals surface area contributed by atoms with E-state index in [-0.39, 0.29) is 29.6 Å². The zero-order valence-corrected chi connectivity index (χ0v) is 12.5. The van der Waals surface area contributed by atoms with Gasteiger partial charge >= 0.3 is 0 Å². The van der Waals surface area contributed by atoms with Crippen LogP contribution in [0.2, 0.25) is 0 Å². The molecule has 1 amide bonds. The predicted molar refractivity (Wildman–Crippen MR) is 78.5 cm³/mol. The number of nitrogens with one attached hydrogen (secondary N) is 1. The Hall–Kier alpha value is -1.29. The molecule has 1 atom stereocenters. The highest BCUT2D eigenvalue weighted by Gasteiger charge is 2.14. The van der Waals surface area contributed by atoms with Gasteiger partial charge in [0.15, 0.2) is 0 Å². The molecule has 0 aliphatic carbocycles. The second-order valence-electron chi connectivity index (χ2n) is 4.92. The SMILES string of the molecule is CC(CCl)C(=O)Nc1ccc(N(C)C(C)C)c(F)c1. The maximum absolute atomic E-state index is 14.0. The van der Waals surface area contributed by atoms with Gasteiger partial charge < -0.3 is 10.2 Å². The average molecular weight is 287 g/mol. The summed E-state index contributed by atoms with van der Waals surface area (Å²) in [6.07, 6.45) is 0. The van der Waals surface area contributed by atoms with Crippen LogP contribution in [-0.2, 0) is 4.79 Å². The van der Waals surface area contributed by atoms with E-state index in [9.17, 15) is 9.18 Å². The van der Waals surface area contributed by atoms with Gasteiger partial charge in [0.25, 0.3) is 0 Å². The van der Waals surface area contributed by atoms with Crippen LogP contribution >= 0.6 is 11.6 Å². The Balaban J connectivity index is 2.85. The summed E-state index contributed by atoms with van der Waals surface area (Å²) >= 11 is 5.60. The minimum absolute atomic E-state index is 0.200. The molecule has 1 rings (SSSR count). The first-order valence-electron chi connectivity index (χ1n) is 6.26. The zero-order valence-electron chi connectivity index (χ0n) is 11.7. The van der Waals surface area contributed by atoms with E-state index in [1.807, 2.05) is 25.8 Å². The van der Waals surface area contributed by atoms with Gasteiger partial charge in [-0.3, -0.25) is 4.79 Å². The van der Waals surface area contributed by atoms with Crippen LogP contribution in [0.4, 0.5) is 15.8 Å². The number of halogens is 2. The summed E-state index contributed by atoms with van der Waals surface area (Å²) in [5.41, 5.74) is 0.957. The highest BCUT2D eigenvalue weighted by Crippen LogP contribution is 2.23. The molecule has 106 valence electrons. The monoisotopic (exact) mass is 286 g/mol. The van der Waals surface area contributed by atoms with E-state index in [4.69, 9.17) is 11.6 Å². The molecule has 0 spiro atoms. The Morgan fingerprint density at radius 3 is 2.53 bits per heavy atom. The van der Waals surface area contributed by atoms with Crippen LogP contribution in [0.1, 0.15) is 20.8 Å². The molecule has 5 heteroatoms. The number of hydrogen-bond acceptors (Lipinski definition) is 2. The van der Waals surface area contributed by atoms with Crippen molar-refractivity contribution < 1.29 is 9.18 Å². The molecule has 0 saturated carbocycles. The highest BCUT2D eigenvalue weighted by atomic mass is 35.5. The third-order valence-corrected chi connectivity index (χ3v) is 3.51. The van der Waals surface area contributed by atoms with Crippen LogP contribution < -0.4 is 10.2 Å². The molecular formula is C14H20ClFN2O. The van der Waals surface area contributed by atoms with Gasteiger partial charge in [0, 0.05) is 30.6 Å². The Kier molecular flexibility index (Phi) is 5.60. The van der Waals surface area contributed by atoms with Crippen molar-refractivity contribution in [1.82, 2.24) is 0 Å². The number of carbonyl (C=O) groups is 1. The van der Waals surface area contributed by atoms with Gasteiger partial charge in [0.2, 0.25) is 5.91 Å². The summed E-state index contributed by atoms with van der Waals surface area (Å²) in [5, 5.41) is 2.65. The summed E-state index contributed by atoms with van der Waals surface area (Å²) in [4.78, 5) is 13.5. The number of amides is 1. The Morgan fingerprint density at radius 2 is 2.05 bits per heavy atom. The lowest BCUT2D eigenvalue weighted by Gasteiger charge is -2.24. The third kappa shape index (κ3) is 4.10. The van der Waals surface area contributed by atoms with E-state index >= 15 is 0 Å². The molecule has 0 aliphatic heterocycles. The molecule has 0 bridgehead atoms. The number of benzene rings is 1. The molecule has 3 nitrogen and oxygen atoms in total. The van der Waals surface area contributed by atoms with Crippen LogP contribution in [-0.4, -0.2) is 24.9 Å². The summed E-state index contributed by atoms with van der Waals surface area (Å²) in [5.74, 6) is -0.628. The molecule has 19 heavy (non-hydrogen) atoms. The van der Waals surface area contributed by atoms with Crippen molar-refractivity contribution in [2.24, 2.45) is 5.92 Å². The molecule has 0 radical (unpaired) electrons. The van der Waals surface area contributed by atoms with Crippen molar-refractivity contribution in [3.8, 4) is 0 Å². The molecule has 0 fully saturated rings. The van der Waals surface area contributed by atoms with Gasteiger partial charge in [-0.25, -0.2) is 4.39 Å². The third-order valence-electron chi connectivity index (χ3n) is 3.05. The number of carbonyl (C=O) groups excluding carboxylic acids is 1. The predicted octanol–water partition coefficient (Wildman–Crippen LogP) is 3.48. The van der Waals surface area contributed by atoms with Crippen molar-refractivity contribution >= 4 is 28.9 Å². The fourth-order valence-corrected chi connectivity index (χ4v) is 1.62. The Morgan fingerprint density at radius 1 is 1.42 bits per heavy atom. The van der Waals surface area contributed by atoms with Crippen molar-refractivity contribution in [2.75, 3.05) is 23.1 Å². The summed E-state index contributed by atoms with van der Waals surface area (Å²) in [6.45, 7) is 5.69. The second-order valence-corrected chi connectivity index (χ2v) is 5.22. The van der Waals surface area contributed by atoms with E-state index < -0.39 is 0 Å². The number of nitrogens with zero attached hydrogens (tertiary/aromatic N) is 1. The van der Waals surface area contributed by atoms with Crippen molar-refractivity contribution in [3.05, 3.63) is 24.0 Å². The number of rotatable bonds is 5. The van der Waals surface area contributed by atoms with Crippen molar-refractivity contribution in [2.45, 2.75) is 26.8 Å². The van der Waals surface area contributed by atoms with Crippen molar-refractivity contribution in [3.63, 3.8) is 0 Å². The second kappa shape index (κ2) is 6.75.